The van der Waals surface area contributed by atoms with Crippen LogP contribution in [0.1, 0.15) is 17.0 Å². The number of nitro benzene ring substituents is 1. The molecule has 2 rings (SSSR count). The molecule has 122 valence electrons. The quantitative estimate of drug-likeness (QED) is 0.397. The number of amides is 1. The maximum absolute atomic E-state index is 12.3. The molecule has 2 aromatic rings. The topological polar surface area (TPSA) is 101 Å². The fourth-order valence-corrected chi connectivity index (χ4v) is 2.27. The largest absolute Gasteiger partial charge is 0.288 e. The van der Waals surface area contributed by atoms with Gasteiger partial charge in [0.05, 0.1) is 4.92 Å². The predicted molar refractivity (Wildman–Crippen MR) is 90.0 cm³/mol. The van der Waals surface area contributed by atoms with E-state index in [1.807, 2.05) is 26.0 Å². The van der Waals surface area contributed by atoms with Gasteiger partial charge in [0.2, 0.25) is 0 Å². The number of benzene rings is 1. The molecular formula is C16H13ClN4O3. The number of aryl methyl sites for hydroxylation is 2. The van der Waals surface area contributed by atoms with Crippen molar-refractivity contribution in [2.75, 3.05) is 5.43 Å². The van der Waals surface area contributed by atoms with Crippen LogP contribution in [-0.2, 0) is 4.79 Å². The molecule has 0 fully saturated rings. The molecule has 0 spiro atoms. The number of nitrogens with zero attached hydrogens (tertiary/aromatic N) is 3. The van der Waals surface area contributed by atoms with Gasteiger partial charge in [-0.05, 0) is 43.7 Å². The van der Waals surface area contributed by atoms with Crippen molar-refractivity contribution in [2.24, 2.45) is 0 Å². The van der Waals surface area contributed by atoms with Crippen molar-refractivity contribution in [3.63, 3.8) is 0 Å². The van der Waals surface area contributed by atoms with Gasteiger partial charge in [0.1, 0.15) is 16.7 Å². The molecule has 0 aliphatic heterocycles. The summed E-state index contributed by atoms with van der Waals surface area (Å²) in [4.78, 5) is 22.5. The molecule has 0 atom stereocenters. The Balaban J connectivity index is 2.33. The number of carbonyl (C=O) groups is 1. The summed E-state index contributed by atoms with van der Waals surface area (Å²) in [5, 5.41) is 20.1. The fourth-order valence-electron chi connectivity index (χ4n) is 2.08. The van der Waals surface area contributed by atoms with Crippen molar-refractivity contribution in [3.8, 4) is 6.07 Å². The van der Waals surface area contributed by atoms with Gasteiger partial charge in [-0.1, -0.05) is 17.7 Å². The predicted octanol–water partition coefficient (Wildman–Crippen LogP) is 3.34. The van der Waals surface area contributed by atoms with Gasteiger partial charge >= 0.3 is 0 Å². The number of hydrogen-bond acceptors (Lipinski definition) is 4. The van der Waals surface area contributed by atoms with Crippen molar-refractivity contribution in [1.29, 1.82) is 5.26 Å². The van der Waals surface area contributed by atoms with Crippen LogP contribution in [0.25, 0.3) is 6.08 Å². The molecule has 0 unspecified atom stereocenters. The lowest BCUT2D eigenvalue weighted by Gasteiger charge is -2.10. The molecule has 0 saturated heterocycles. The highest BCUT2D eigenvalue weighted by Gasteiger charge is 2.15. The number of nitro groups is 1. The maximum Gasteiger partial charge on any atom is 0.288 e. The first kappa shape index (κ1) is 17.2. The monoisotopic (exact) mass is 344 g/mol. The molecule has 7 nitrogen and oxygen atoms in total. The summed E-state index contributed by atoms with van der Waals surface area (Å²) < 4.78 is 1.55. The lowest BCUT2D eigenvalue weighted by Crippen LogP contribution is -2.25. The molecule has 1 aromatic carbocycles. The van der Waals surface area contributed by atoms with Crippen molar-refractivity contribution in [2.45, 2.75) is 13.8 Å². The summed E-state index contributed by atoms with van der Waals surface area (Å²) in [6.45, 7) is 3.62. The Morgan fingerprint density at radius 1 is 1.33 bits per heavy atom. The fraction of sp³-hybridized carbons (Fsp3) is 0.125. The van der Waals surface area contributed by atoms with Gasteiger partial charge in [0.25, 0.3) is 11.6 Å². The van der Waals surface area contributed by atoms with Crippen LogP contribution < -0.4 is 5.43 Å². The average Bonchev–Trinajstić information content (AvgIpc) is 2.85. The van der Waals surface area contributed by atoms with Crippen LogP contribution in [0.15, 0.2) is 35.9 Å². The second-order valence-corrected chi connectivity index (χ2v) is 5.44. The molecule has 0 saturated carbocycles. The van der Waals surface area contributed by atoms with E-state index in [9.17, 15) is 20.2 Å². The normalized spacial score (nSPS) is 11.0. The van der Waals surface area contributed by atoms with Gasteiger partial charge in [-0.15, -0.1) is 0 Å². The van der Waals surface area contributed by atoms with Crippen LogP contribution >= 0.6 is 11.6 Å². The molecule has 1 N–H and O–H groups in total. The summed E-state index contributed by atoms with van der Waals surface area (Å²) in [6.07, 6.45) is 1.27. The highest BCUT2D eigenvalue weighted by Crippen LogP contribution is 2.26. The van der Waals surface area contributed by atoms with Crippen LogP contribution in [0, 0.1) is 35.3 Å². The number of aromatic nitrogens is 1. The van der Waals surface area contributed by atoms with E-state index in [4.69, 9.17) is 11.6 Å². The van der Waals surface area contributed by atoms with E-state index >= 15 is 0 Å². The first-order chi connectivity index (χ1) is 11.3. The van der Waals surface area contributed by atoms with E-state index in [2.05, 4.69) is 5.43 Å². The Bertz CT molecular complexity index is 874. The number of rotatable bonds is 4. The molecule has 24 heavy (non-hydrogen) atoms. The molecule has 0 aliphatic carbocycles. The minimum absolute atomic E-state index is 0.0151. The van der Waals surface area contributed by atoms with E-state index in [1.54, 1.807) is 10.7 Å². The first-order valence-corrected chi connectivity index (χ1v) is 7.23. The lowest BCUT2D eigenvalue weighted by molar-refractivity contribution is -0.384. The first-order valence-electron chi connectivity index (χ1n) is 6.85. The zero-order chi connectivity index (χ0) is 17.9. The summed E-state index contributed by atoms with van der Waals surface area (Å²) in [7, 11) is 0. The van der Waals surface area contributed by atoms with E-state index in [-0.39, 0.29) is 16.3 Å². The van der Waals surface area contributed by atoms with Gasteiger partial charge in [-0.2, -0.15) is 5.26 Å². The van der Waals surface area contributed by atoms with Crippen molar-refractivity contribution >= 4 is 29.3 Å². The summed E-state index contributed by atoms with van der Waals surface area (Å²) in [5.41, 5.74) is 4.08. The SMILES string of the molecule is Cc1ccc(C)n1NC(=O)/C(C#N)=C\c1ccc(Cl)c([N+](=O)[O-])c1. The number of carbonyl (C=O) groups excluding carboxylic acids is 1. The highest BCUT2D eigenvalue weighted by molar-refractivity contribution is 6.32. The van der Waals surface area contributed by atoms with Crippen LogP contribution in [0.5, 0.6) is 0 Å². The van der Waals surface area contributed by atoms with Gasteiger partial charge in [0, 0.05) is 17.5 Å². The van der Waals surface area contributed by atoms with Gasteiger partial charge in [0.15, 0.2) is 0 Å². The van der Waals surface area contributed by atoms with E-state index < -0.39 is 10.8 Å². The summed E-state index contributed by atoms with van der Waals surface area (Å²) in [6, 6.07) is 9.50. The Morgan fingerprint density at radius 3 is 2.50 bits per heavy atom. The molecule has 8 heteroatoms. The van der Waals surface area contributed by atoms with E-state index in [0.29, 0.717) is 5.56 Å². The van der Waals surface area contributed by atoms with Gasteiger partial charge in [-0.3, -0.25) is 25.0 Å². The van der Waals surface area contributed by atoms with Crippen LogP contribution in [0.3, 0.4) is 0 Å². The zero-order valence-electron chi connectivity index (χ0n) is 12.9. The number of nitriles is 1. The standard InChI is InChI=1S/C16H13ClN4O3/c1-10-3-4-11(2)20(10)19-16(22)13(9-18)7-12-5-6-14(17)15(8-12)21(23)24/h3-8H,1-2H3,(H,19,22)/b13-7-. The molecule has 0 radical (unpaired) electrons. The Morgan fingerprint density at radius 2 is 1.96 bits per heavy atom. The third-order valence-corrected chi connectivity index (χ3v) is 3.65. The lowest BCUT2D eigenvalue weighted by atomic mass is 10.1. The minimum Gasteiger partial charge on any atom is -0.267 e. The molecule has 1 heterocycles. The van der Waals surface area contributed by atoms with Gasteiger partial charge in [-0.25, -0.2) is 0 Å². The summed E-state index contributed by atoms with van der Waals surface area (Å²) in [5.74, 6) is -0.613. The second-order valence-electron chi connectivity index (χ2n) is 5.03. The molecule has 1 aromatic heterocycles. The number of hydrogen-bond donors (Lipinski definition) is 1. The molecular weight excluding hydrogens is 332 g/mol. The Labute approximate surface area is 142 Å². The minimum atomic E-state index is -0.627. The smallest absolute Gasteiger partial charge is 0.267 e. The Hall–Kier alpha value is -3.11. The van der Waals surface area contributed by atoms with Crippen LogP contribution in [0.2, 0.25) is 5.02 Å². The second kappa shape index (κ2) is 6.98. The van der Waals surface area contributed by atoms with Crippen LogP contribution in [0.4, 0.5) is 5.69 Å². The number of nitrogens with one attached hydrogen (secondary N) is 1. The van der Waals surface area contributed by atoms with E-state index in [0.717, 1.165) is 11.4 Å². The van der Waals surface area contributed by atoms with Crippen molar-refractivity contribution < 1.29 is 9.72 Å². The maximum atomic E-state index is 12.3. The molecule has 0 aliphatic rings. The Kier molecular flexibility index (Phi) is 5.02. The third-order valence-electron chi connectivity index (χ3n) is 3.33. The zero-order valence-corrected chi connectivity index (χ0v) is 13.7. The van der Waals surface area contributed by atoms with Gasteiger partial charge < -0.3 is 0 Å². The highest BCUT2D eigenvalue weighted by atomic mass is 35.5. The average molecular weight is 345 g/mol. The molecule has 1 amide bonds. The van der Waals surface area contributed by atoms with E-state index in [1.165, 1.54) is 24.3 Å². The molecule has 0 bridgehead atoms. The summed E-state index contributed by atoms with van der Waals surface area (Å²) >= 11 is 5.74. The third kappa shape index (κ3) is 3.62. The van der Waals surface area contributed by atoms with Crippen molar-refractivity contribution in [3.05, 3.63) is 68.0 Å². The van der Waals surface area contributed by atoms with Crippen LogP contribution in [-0.4, -0.2) is 15.5 Å². The van der Waals surface area contributed by atoms with Crippen molar-refractivity contribution in [1.82, 2.24) is 4.68 Å². The number of halogens is 1.